The molecule has 0 saturated heterocycles. The topological polar surface area (TPSA) is 132 Å². The lowest BCUT2D eigenvalue weighted by atomic mass is 9.87. The molecular formula is C40H69F7O10. The van der Waals surface area contributed by atoms with Crippen LogP contribution in [0.4, 0.5) is 30.7 Å². The highest BCUT2D eigenvalue weighted by atomic mass is 19.4. The van der Waals surface area contributed by atoms with Crippen LogP contribution in [0.3, 0.4) is 0 Å². The molecule has 2 atom stereocenters. The van der Waals surface area contributed by atoms with Crippen LogP contribution in [-0.2, 0) is 47.7 Å². The van der Waals surface area contributed by atoms with Gasteiger partial charge in [-0.25, -0.2) is 9.59 Å². The van der Waals surface area contributed by atoms with Crippen LogP contribution in [0.15, 0.2) is 0 Å². The second-order valence-electron chi connectivity index (χ2n) is 15.5. The molecule has 10 nitrogen and oxygen atoms in total. The molecular weight excluding hydrogens is 773 g/mol. The lowest BCUT2D eigenvalue weighted by molar-refractivity contribution is -0.202. The molecule has 0 rings (SSSR count). The minimum atomic E-state index is -4.15. The fraction of sp³-hybridized carbons (Fsp3) is 0.875. The van der Waals surface area contributed by atoms with Crippen molar-refractivity contribution in [2.45, 2.75) is 197 Å². The van der Waals surface area contributed by atoms with E-state index in [2.05, 4.69) is 9.47 Å². The molecule has 0 fully saturated rings. The van der Waals surface area contributed by atoms with Crippen molar-refractivity contribution in [2.75, 3.05) is 13.7 Å². The van der Waals surface area contributed by atoms with E-state index in [0.717, 1.165) is 7.11 Å². The number of rotatable bonds is 21. The second-order valence-corrected chi connectivity index (χ2v) is 15.5. The summed E-state index contributed by atoms with van der Waals surface area (Å²) in [7, 11) is 0.862. The van der Waals surface area contributed by atoms with Crippen LogP contribution in [0.25, 0.3) is 0 Å². The Bertz CT molecular complexity index is 1240. The first-order chi connectivity index (χ1) is 25.8. The van der Waals surface area contributed by atoms with Gasteiger partial charge in [0.05, 0.1) is 30.0 Å². The summed E-state index contributed by atoms with van der Waals surface area (Å²) in [5, 5.41) is 0. The normalized spacial score (nSPS) is 13.7. The molecule has 338 valence electrons. The Morgan fingerprint density at radius 1 is 0.491 bits per heavy atom. The van der Waals surface area contributed by atoms with Crippen molar-refractivity contribution in [1.82, 2.24) is 0 Å². The zero-order valence-corrected chi connectivity index (χ0v) is 36.7. The maximum Gasteiger partial charge on any atom is 0.389 e. The van der Waals surface area contributed by atoms with E-state index in [1.807, 2.05) is 20.8 Å². The lowest BCUT2D eigenvalue weighted by Gasteiger charge is -2.35. The second kappa shape index (κ2) is 24.7. The quantitative estimate of drug-likeness (QED) is 0.0625. The zero-order valence-electron chi connectivity index (χ0n) is 36.7. The third-order valence-corrected chi connectivity index (χ3v) is 10.1. The summed E-state index contributed by atoms with van der Waals surface area (Å²) in [4.78, 5) is 57.8. The van der Waals surface area contributed by atoms with Crippen LogP contribution in [0, 0.1) is 16.2 Å². The molecule has 0 aromatic rings. The SMILES string of the molecule is CCC(CC)(CCCC(F)(F)F)OC(=O)C(C)(C)CC.CCC(OC(=O)C(C)(C)CC)C(F)(F)C(=O)OC.CCOC(=O)C(F)(F)C(CC)OC(=O)C(C)(C)CC. The Hall–Kier alpha value is -3.14. The summed E-state index contributed by atoms with van der Waals surface area (Å²) < 4.78 is 115. The number of carbonyl (C=O) groups excluding carboxylic acids is 5. The number of methoxy groups -OCH3 is 1. The Balaban J connectivity index is -0.000000768. The first-order valence-corrected chi connectivity index (χ1v) is 19.5. The molecule has 0 aliphatic heterocycles. The molecule has 2 unspecified atom stereocenters. The van der Waals surface area contributed by atoms with Crippen LogP contribution >= 0.6 is 0 Å². The van der Waals surface area contributed by atoms with Crippen molar-refractivity contribution in [3.8, 4) is 0 Å². The number of carbonyl (C=O) groups is 5. The van der Waals surface area contributed by atoms with Gasteiger partial charge in [-0.2, -0.15) is 30.7 Å². The fourth-order valence-electron chi connectivity index (χ4n) is 4.21. The van der Waals surface area contributed by atoms with Crippen LogP contribution < -0.4 is 0 Å². The van der Waals surface area contributed by atoms with Crippen molar-refractivity contribution in [3.05, 3.63) is 0 Å². The monoisotopic (exact) mass is 842 g/mol. The largest absolute Gasteiger partial charge is 0.464 e. The minimum Gasteiger partial charge on any atom is -0.464 e. The van der Waals surface area contributed by atoms with Gasteiger partial charge in [0.2, 0.25) is 0 Å². The van der Waals surface area contributed by atoms with Gasteiger partial charge in [-0.05, 0) is 106 Å². The molecule has 0 aliphatic rings. The third-order valence-electron chi connectivity index (χ3n) is 10.1. The molecule has 0 bridgehead atoms. The third kappa shape index (κ3) is 19.4. The maximum absolute atomic E-state index is 13.8. The Morgan fingerprint density at radius 3 is 1.12 bits per heavy atom. The van der Waals surface area contributed by atoms with Gasteiger partial charge in [-0.15, -0.1) is 0 Å². The van der Waals surface area contributed by atoms with E-state index in [0.29, 0.717) is 32.1 Å². The highest BCUT2D eigenvalue weighted by Crippen LogP contribution is 2.35. The molecule has 0 spiro atoms. The van der Waals surface area contributed by atoms with Gasteiger partial charge in [0, 0.05) is 6.42 Å². The van der Waals surface area contributed by atoms with Gasteiger partial charge in [-0.3, -0.25) is 14.4 Å². The Kier molecular flexibility index (Phi) is 25.2. The molecule has 0 heterocycles. The van der Waals surface area contributed by atoms with Crippen molar-refractivity contribution in [1.29, 1.82) is 0 Å². The average Bonchev–Trinajstić information content (AvgIpc) is 3.14. The predicted octanol–water partition coefficient (Wildman–Crippen LogP) is 10.8. The van der Waals surface area contributed by atoms with Crippen molar-refractivity contribution >= 4 is 29.8 Å². The first-order valence-electron chi connectivity index (χ1n) is 19.5. The van der Waals surface area contributed by atoms with Crippen molar-refractivity contribution in [2.24, 2.45) is 16.2 Å². The zero-order chi connectivity index (χ0) is 45.9. The van der Waals surface area contributed by atoms with E-state index in [-0.39, 0.29) is 38.3 Å². The number of hydrogen-bond acceptors (Lipinski definition) is 10. The number of esters is 5. The molecule has 0 aromatic carbocycles. The fourth-order valence-corrected chi connectivity index (χ4v) is 4.21. The highest BCUT2D eigenvalue weighted by molar-refractivity contribution is 5.81. The molecule has 0 radical (unpaired) electrons. The van der Waals surface area contributed by atoms with E-state index in [4.69, 9.17) is 14.2 Å². The van der Waals surface area contributed by atoms with Gasteiger partial charge >= 0.3 is 47.9 Å². The standard InChI is InChI=1S/C15H27F3O2.C13H22F2O4.C12H20F2O4/c1-6-13(4,5)12(19)20-14(7-2,8-3)10-9-11-15(16,17)18;1-6-9(13(14,15)11(17)18-8-3)19-10(16)12(4,5)7-2;1-6-8(12(13,14)10(16)17-5)18-9(15)11(3,4)7-2/h6-11H2,1-5H3;9H,6-8H2,1-5H3;8H,6-7H2,1-5H3. The summed E-state index contributed by atoms with van der Waals surface area (Å²) in [6.45, 7) is 23.2. The predicted molar refractivity (Wildman–Crippen MR) is 200 cm³/mol. The number of halogens is 7. The Morgan fingerprint density at radius 2 is 0.842 bits per heavy atom. The number of hydrogen-bond donors (Lipinski definition) is 0. The minimum absolute atomic E-state index is 0.00892. The summed E-state index contributed by atoms with van der Waals surface area (Å²) >= 11 is 0. The molecule has 0 aliphatic carbocycles. The van der Waals surface area contributed by atoms with E-state index >= 15 is 0 Å². The summed E-state index contributed by atoms with van der Waals surface area (Å²) in [5.41, 5.74) is -3.09. The van der Waals surface area contributed by atoms with Crippen molar-refractivity contribution < 1.29 is 78.4 Å². The lowest BCUT2D eigenvalue weighted by Crippen LogP contribution is -2.46. The Labute approximate surface area is 335 Å². The molecule has 57 heavy (non-hydrogen) atoms. The smallest absolute Gasteiger partial charge is 0.389 e. The van der Waals surface area contributed by atoms with E-state index in [1.54, 1.807) is 55.4 Å². The van der Waals surface area contributed by atoms with Crippen LogP contribution in [0.1, 0.15) is 161 Å². The molecule has 0 aromatic heterocycles. The highest BCUT2D eigenvalue weighted by Gasteiger charge is 2.52. The van der Waals surface area contributed by atoms with E-state index in [1.165, 1.54) is 20.8 Å². The first kappa shape index (κ1) is 58.2. The van der Waals surface area contributed by atoms with Crippen molar-refractivity contribution in [3.63, 3.8) is 0 Å². The van der Waals surface area contributed by atoms with Gasteiger partial charge in [0.25, 0.3) is 0 Å². The van der Waals surface area contributed by atoms with Gasteiger partial charge in [-0.1, -0.05) is 48.5 Å². The summed E-state index contributed by atoms with van der Waals surface area (Å²) in [5.74, 6) is -12.8. The molecule has 17 heteroatoms. The summed E-state index contributed by atoms with van der Waals surface area (Å²) in [6.07, 6.45) is -6.07. The van der Waals surface area contributed by atoms with Crippen LogP contribution in [0.2, 0.25) is 0 Å². The summed E-state index contributed by atoms with van der Waals surface area (Å²) in [6, 6.07) is 0. The van der Waals surface area contributed by atoms with E-state index in [9.17, 15) is 54.7 Å². The van der Waals surface area contributed by atoms with Gasteiger partial charge in [0.1, 0.15) is 5.60 Å². The number of ether oxygens (including phenoxy) is 5. The van der Waals surface area contributed by atoms with Gasteiger partial charge in [0.15, 0.2) is 12.2 Å². The maximum atomic E-state index is 13.8. The van der Waals surface area contributed by atoms with E-state index < -0.39 is 82.4 Å². The van der Waals surface area contributed by atoms with Crippen LogP contribution in [-0.4, -0.2) is 79.4 Å². The molecule has 0 amide bonds. The molecule has 0 N–H and O–H groups in total. The van der Waals surface area contributed by atoms with Crippen LogP contribution in [0.5, 0.6) is 0 Å². The number of alkyl halides is 7. The molecule has 0 saturated carbocycles. The van der Waals surface area contributed by atoms with Gasteiger partial charge < -0.3 is 23.7 Å². The average molecular weight is 843 g/mol.